The largest absolute Gasteiger partial charge is 0.469 e. The molecule has 88 valence electrons. The number of methoxy groups -OCH3 is 1. The molecular formula is C10H19NO4. The summed E-state index contributed by atoms with van der Waals surface area (Å²) in [6.07, 6.45) is -0.394. The minimum atomic E-state index is -0.533. The van der Waals surface area contributed by atoms with Gasteiger partial charge in [-0.05, 0) is 27.7 Å². The maximum absolute atomic E-state index is 11.3. The molecule has 0 aliphatic rings. The fraction of sp³-hybridized carbons (Fsp3) is 0.800. The van der Waals surface area contributed by atoms with Crippen LogP contribution in [-0.4, -0.2) is 30.8 Å². The van der Waals surface area contributed by atoms with Gasteiger partial charge in [0.05, 0.1) is 13.5 Å². The van der Waals surface area contributed by atoms with Crippen molar-refractivity contribution in [3.63, 3.8) is 0 Å². The van der Waals surface area contributed by atoms with Crippen molar-refractivity contribution in [1.82, 2.24) is 5.32 Å². The van der Waals surface area contributed by atoms with E-state index in [9.17, 15) is 9.59 Å². The van der Waals surface area contributed by atoms with Gasteiger partial charge in [-0.15, -0.1) is 0 Å². The highest BCUT2D eigenvalue weighted by molar-refractivity contribution is 5.72. The van der Waals surface area contributed by atoms with Crippen molar-refractivity contribution >= 4 is 12.1 Å². The SMILES string of the molecule is COC(=O)C[C@@H](C)NC(=O)OC(C)(C)C. The van der Waals surface area contributed by atoms with E-state index in [0.29, 0.717) is 0 Å². The maximum Gasteiger partial charge on any atom is 0.407 e. The molecule has 0 aromatic heterocycles. The molecule has 0 radical (unpaired) electrons. The molecule has 0 saturated heterocycles. The highest BCUT2D eigenvalue weighted by Gasteiger charge is 2.18. The lowest BCUT2D eigenvalue weighted by molar-refractivity contribution is -0.141. The standard InChI is InChI=1S/C10H19NO4/c1-7(6-8(12)14-5)11-9(13)15-10(2,3)4/h7H,6H2,1-5H3,(H,11,13)/t7-/m1/s1. The van der Waals surface area contributed by atoms with Crippen LogP contribution in [0.15, 0.2) is 0 Å². The topological polar surface area (TPSA) is 64.6 Å². The van der Waals surface area contributed by atoms with E-state index in [4.69, 9.17) is 4.74 Å². The third-order valence-corrected chi connectivity index (χ3v) is 1.46. The Morgan fingerprint density at radius 3 is 2.27 bits per heavy atom. The van der Waals surface area contributed by atoms with Gasteiger partial charge in [-0.2, -0.15) is 0 Å². The number of hydrogen-bond donors (Lipinski definition) is 1. The van der Waals surface area contributed by atoms with Gasteiger partial charge in [-0.25, -0.2) is 4.79 Å². The normalized spacial score (nSPS) is 12.9. The molecule has 0 bridgehead atoms. The van der Waals surface area contributed by atoms with Crippen LogP contribution in [0, 0.1) is 0 Å². The highest BCUT2D eigenvalue weighted by atomic mass is 16.6. The Kier molecular flexibility index (Phi) is 5.11. The zero-order valence-electron chi connectivity index (χ0n) is 9.92. The first-order valence-electron chi connectivity index (χ1n) is 4.81. The summed E-state index contributed by atoms with van der Waals surface area (Å²) in [4.78, 5) is 22.1. The molecule has 0 rings (SSSR count). The van der Waals surface area contributed by atoms with Crippen LogP contribution < -0.4 is 5.32 Å². The number of ether oxygens (including phenoxy) is 2. The molecule has 5 heteroatoms. The van der Waals surface area contributed by atoms with Gasteiger partial charge >= 0.3 is 12.1 Å². The number of nitrogens with one attached hydrogen (secondary N) is 1. The van der Waals surface area contributed by atoms with Gasteiger partial charge in [0.2, 0.25) is 0 Å². The Labute approximate surface area is 90.1 Å². The summed E-state index contributed by atoms with van der Waals surface area (Å²) >= 11 is 0. The van der Waals surface area contributed by atoms with Crippen molar-refractivity contribution in [3.05, 3.63) is 0 Å². The average Bonchev–Trinajstić information content (AvgIpc) is 1.99. The first kappa shape index (κ1) is 13.7. The Bertz CT molecular complexity index is 232. The van der Waals surface area contributed by atoms with Gasteiger partial charge in [0.15, 0.2) is 0 Å². The van der Waals surface area contributed by atoms with Crippen LogP contribution in [0.5, 0.6) is 0 Å². The van der Waals surface area contributed by atoms with E-state index < -0.39 is 11.7 Å². The van der Waals surface area contributed by atoms with Crippen molar-refractivity contribution < 1.29 is 19.1 Å². The summed E-state index contributed by atoms with van der Waals surface area (Å²) in [5, 5.41) is 2.54. The Hall–Kier alpha value is -1.26. The van der Waals surface area contributed by atoms with Gasteiger partial charge in [0, 0.05) is 6.04 Å². The van der Waals surface area contributed by atoms with Gasteiger partial charge in [-0.3, -0.25) is 4.79 Å². The molecule has 0 aromatic rings. The van der Waals surface area contributed by atoms with Gasteiger partial charge in [-0.1, -0.05) is 0 Å². The minimum absolute atomic E-state index is 0.135. The smallest absolute Gasteiger partial charge is 0.407 e. The molecule has 15 heavy (non-hydrogen) atoms. The van der Waals surface area contributed by atoms with Gasteiger partial charge < -0.3 is 14.8 Å². The molecular weight excluding hydrogens is 198 g/mol. The lowest BCUT2D eigenvalue weighted by atomic mass is 10.2. The van der Waals surface area contributed by atoms with E-state index in [1.165, 1.54) is 7.11 Å². The third kappa shape index (κ3) is 7.78. The van der Waals surface area contributed by atoms with Crippen molar-refractivity contribution in [2.24, 2.45) is 0 Å². The number of carbonyl (C=O) groups is 2. The Morgan fingerprint density at radius 1 is 1.33 bits per heavy atom. The van der Waals surface area contributed by atoms with Crippen LogP contribution in [0.1, 0.15) is 34.1 Å². The molecule has 0 spiro atoms. The van der Waals surface area contributed by atoms with E-state index in [1.807, 2.05) is 0 Å². The highest BCUT2D eigenvalue weighted by Crippen LogP contribution is 2.07. The van der Waals surface area contributed by atoms with Crippen LogP contribution >= 0.6 is 0 Å². The van der Waals surface area contributed by atoms with Crippen LogP contribution in [0.3, 0.4) is 0 Å². The van der Waals surface area contributed by atoms with Crippen molar-refractivity contribution in [1.29, 1.82) is 0 Å². The number of hydrogen-bond acceptors (Lipinski definition) is 4. The summed E-state index contributed by atoms with van der Waals surface area (Å²) in [7, 11) is 1.31. The zero-order valence-corrected chi connectivity index (χ0v) is 9.92. The predicted octanol–water partition coefficient (Wildman–Crippen LogP) is 1.46. The van der Waals surface area contributed by atoms with Crippen LogP contribution in [0.25, 0.3) is 0 Å². The van der Waals surface area contributed by atoms with Crippen molar-refractivity contribution in [2.75, 3.05) is 7.11 Å². The molecule has 0 fully saturated rings. The lowest BCUT2D eigenvalue weighted by Gasteiger charge is -2.21. The van der Waals surface area contributed by atoms with Crippen LogP contribution in [-0.2, 0) is 14.3 Å². The first-order valence-corrected chi connectivity index (χ1v) is 4.81. The number of amides is 1. The molecule has 0 aliphatic heterocycles. The lowest BCUT2D eigenvalue weighted by Crippen LogP contribution is -2.38. The summed E-state index contributed by atoms with van der Waals surface area (Å²) < 4.78 is 9.49. The molecule has 1 atom stereocenters. The minimum Gasteiger partial charge on any atom is -0.469 e. The van der Waals surface area contributed by atoms with Crippen molar-refractivity contribution in [2.45, 2.75) is 45.8 Å². The molecule has 1 N–H and O–H groups in total. The number of esters is 1. The van der Waals surface area contributed by atoms with E-state index in [0.717, 1.165) is 0 Å². The molecule has 0 aliphatic carbocycles. The molecule has 0 saturated carbocycles. The van der Waals surface area contributed by atoms with Gasteiger partial charge in [0.25, 0.3) is 0 Å². The number of rotatable bonds is 3. The number of alkyl carbamates (subject to hydrolysis) is 1. The van der Waals surface area contributed by atoms with E-state index in [1.54, 1.807) is 27.7 Å². The molecule has 0 unspecified atom stereocenters. The quantitative estimate of drug-likeness (QED) is 0.727. The molecule has 5 nitrogen and oxygen atoms in total. The Morgan fingerprint density at radius 2 is 1.87 bits per heavy atom. The molecule has 0 aromatic carbocycles. The fourth-order valence-electron chi connectivity index (χ4n) is 0.893. The molecule has 1 amide bonds. The second kappa shape index (κ2) is 5.58. The maximum atomic E-state index is 11.3. The first-order chi connectivity index (χ1) is 6.74. The third-order valence-electron chi connectivity index (χ3n) is 1.46. The second-order valence-electron chi connectivity index (χ2n) is 4.33. The van der Waals surface area contributed by atoms with E-state index in [2.05, 4.69) is 10.1 Å². The summed E-state index contributed by atoms with van der Waals surface area (Å²) in [6.45, 7) is 7.04. The van der Waals surface area contributed by atoms with Crippen LogP contribution in [0.4, 0.5) is 4.79 Å². The van der Waals surface area contributed by atoms with E-state index in [-0.39, 0.29) is 18.4 Å². The summed E-state index contributed by atoms with van der Waals surface area (Å²) in [6, 6.07) is -0.299. The fourth-order valence-corrected chi connectivity index (χ4v) is 0.893. The average molecular weight is 217 g/mol. The summed E-state index contributed by atoms with van der Waals surface area (Å²) in [5.74, 6) is -0.362. The summed E-state index contributed by atoms with van der Waals surface area (Å²) in [5.41, 5.74) is -0.533. The zero-order chi connectivity index (χ0) is 12.1. The predicted molar refractivity (Wildman–Crippen MR) is 55.5 cm³/mol. The molecule has 0 heterocycles. The van der Waals surface area contributed by atoms with E-state index >= 15 is 0 Å². The number of carbonyl (C=O) groups excluding carboxylic acids is 2. The monoisotopic (exact) mass is 217 g/mol. The Balaban J connectivity index is 3.92. The van der Waals surface area contributed by atoms with Gasteiger partial charge in [0.1, 0.15) is 5.60 Å². The van der Waals surface area contributed by atoms with Crippen LogP contribution in [0.2, 0.25) is 0 Å². The second-order valence-corrected chi connectivity index (χ2v) is 4.33. The van der Waals surface area contributed by atoms with Crippen molar-refractivity contribution in [3.8, 4) is 0 Å².